The second-order valence-corrected chi connectivity index (χ2v) is 5.93. The number of benzene rings is 1. The van der Waals surface area contributed by atoms with E-state index < -0.39 is 0 Å². The molecule has 0 unspecified atom stereocenters. The van der Waals surface area contributed by atoms with Gasteiger partial charge in [-0.1, -0.05) is 0 Å². The molecule has 0 saturated carbocycles. The summed E-state index contributed by atoms with van der Waals surface area (Å²) in [5.41, 5.74) is 1.65. The van der Waals surface area contributed by atoms with E-state index in [1.807, 2.05) is 0 Å². The number of hydrogen-bond donors (Lipinski definition) is 1. The molecule has 2 amide bonds. The van der Waals surface area contributed by atoms with Crippen molar-refractivity contribution in [2.75, 3.05) is 31.5 Å². The minimum atomic E-state index is -0.177. The Bertz CT molecular complexity index is 851. The fraction of sp³-hybridized carbons (Fsp3) is 0.278. The number of aryl methyl sites for hydroxylation is 1. The molecule has 26 heavy (non-hydrogen) atoms. The summed E-state index contributed by atoms with van der Waals surface area (Å²) in [5.74, 6) is 0.819. The Balaban J connectivity index is 1.75. The highest BCUT2D eigenvalue weighted by atomic mass is 16.2. The van der Waals surface area contributed by atoms with Crippen LogP contribution in [0.4, 0.5) is 11.5 Å². The van der Waals surface area contributed by atoms with Crippen molar-refractivity contribution in [3.63, 3.8) is 0 Å². The number of piperazine rings is 1. The number of nitrogens with zero attached hydrogens (tertiary/aromatic N) is 5. The van der Waals surface area contributed by atoms with Gasteiger partial charge in [-0.3, -0.25) is 9.59 Å². The Hall–Kier alpha value is -3.47. The van der Waals surface area contributed by atoms with Gasteiger partial charge in [0.2, 0.25) is 6.41 Å². The molecule has 1 aliphatic heterocycles. The van der Waals surface area contributed by atoms with Gasteiger partial charge in [0, 0.05) is 37.9 Å². The standard InChI is InChI=1S/C18H18N6O2/c1-13-20-16(18(26)24-8-6-23(12-25)7-9-24)10-17(21-13)22-15-4-2-14(11-19)3-5-15/h2-5,10,12H,6-9H2,1H3,(H,20,21,22). The number of anilines is 2. The quantitative estimate of drug-likeness (QED) is 0.834. The summed E-state index contributed by atoms with van der Waals surface area (Å²) >= 11 is 0. The van der Waals surface area contributed by atoms with E-state index >= 15 is 0 Å². The Kier molecular flexibility index (Phi) is 5.08. The normalized spacial score (nSPS) is 13.8. The molecule has 1 aliphatic rings. The molecular formula is C18H18N6O2. The number of aromatic nitrogens is 2. The van der Waals surface area contributed by atoms with Gasteiger partial charge in [-0.05, 0) is 31.2 Å². The smallest absolute Gasteiger partial charge is 0.272 e. The highest BCUT2D eigenvalue weighted by Crippen LogP contribution is 2.17. The highest BCUT2D eigenvalue weighted by Gasteiger charge is 2.23. The molecule has 1 fully saturated rings. The maximum absolute atomic E-state index is 12.7. The topological polar surface area (TPSA) is 102 Å². The highest BCUT2D eigenvalue weighted by molar-refractivity contribution is 5.93. The molecule has 1 N–H and O–H groups in total. The Morgan fingerprint density at radius 3 is 2.50 bits per heavy atom. The van der Waals surface area contributed by atoms with Gasteiger partial charge >= 0.3 is 0 Å². The van der Waals surface area contributed by atoms with E-state index in [0.717, 1.165) is 12.1 Å². The SMILES string of the molecule is Cc1nc(Nc2ccc(C#N)cc2)cc(C(=O)N2CCN(C=O)CC2)n1. The van der Waals surface area contributed by atoms with E-state index in [-0.39, 0.29) is 5.91 Å². The predicted octanol–water partition coefficient (Wildman–Crippen LogP) is 1.31. The molecule has 2 aromatic rings. The number of carbonyl (C=O) groups excluding carboxylic acids is 2. The van der Waals surface area contributed by atoms with Crippen molar-refractivity contribution in [3.05, 3.63) is 47.4 Å². The van der Waals surface area contributed by atoms with Gasteiger partial charge in [0.15, 0.2) is 0 Å². The lowest BCUT2D eigenvalue weighted by atomic mass is 10.2. The van der Waals surface area contributed by atoms with Crippen LogP contribution in [0.5, 0.6) is 0 Å². The van der Waals surface area contributed by atoms with Crippen molar-refractivity contribution >= 4 is 23.8 Å². The van der Waals surface area contributed by atoms with E-state index in [4.69, 9.17) is 5.26 Å². The molecule has 1 saturated heterocycles. The average molecular weight is 350 g/mol. The maximum atomic E-state index is 12.7. The van der Waals surface area contributed by atoms with Crippen molar-refractivity contribution in [3.8, 4) is 6.07 Å². The Morgan fingerprint density at radius 1 is 1.19 bits per heavy atom. The van der Waals surface area contributed by atoms with E-state index in [9.17, 15) is 9.59 Å². The summed E-state index contributed by atoms with van der Waals surface area (Å²) in [6.07, 6.45) is 0.802. The van der Waals surface area contributed by atoms with Crippen molar-refractivity contribution in [2.24, 2.45) is 0 Å². The zero-order valence-corrected chi connectivity index (χ0v) is 14.3. The fourth-order valence-electron chi connectivity index (χ4n) is 2.71. The molecule has 8 heteroatoms. The summed E-state index contributed by atoms with van der Waals surface area (Å²) in [6, 6.07) is 10.6. The molecule has 3 rings (SSSR count). The molecule has 1 aromatic heterocycles. The van der Waals surface area contributed by atoms with Gasteiger partial charge in [-0.25, -0.2) is 9.97 Å². The fourth-order valence-corrected chi connectivity index (χ4v) is 2.71. The van der Waals surface area contributed by atoms with Crippen LogP contribution in [0.25, 0.3) is 0 Å². The van der Waals surface area contributed by atoms with Gasteiger partial charge in [0.25, 0.3) is 5.91 Å². The van der Waals surface area contributed by atoms with Crippen LogP contribution in [-0.4, -0.2) is 58.3 Å². The minimum Gasteiger partial charge on any atom is -0.342 e. The number of rotatable bonds is 4. The first-order valence-corrected chi connectivity index (χ1v) is 8.20. The zero-order valence-electron chi connectivity index (χ0n) is 14.3. The number of nitrogens with one attached hydrogen (secondary N) is 1. The van der Waals surface area contributed by atoms with Crippen LogP contribution in [0.15, 0.2) is 30.3 Å². The first-order chi connectivity index (χ1) is 12.6. The summed E-state index contributed by atoms with van der Waals surface area (Å²) in [5, 5.41) is 12.0. The van der Waals surface area contributed by atoms with Gasteiger partial charge < -0.3 is 15.1 Å². The lowest BCUT2D eigenvalue weighted by Gasteiger charge is -2.32. The lowest BCUT2D eigenvalue weighted by molar-refractivity contribution is -0.119. The van der Waals surface area contributed by atoms with Crippen LogP contribution in [-0.2, 0) is 4.79 Å². The number of hydrogen-bond acceptors (Lipinski definition) is 6. The summed E-state index contributed by atoms with van der Waals surface area (Å²) in [7, 11) is 0. The first-order valence-electron chi connectivity index (χ1n) is 8.20. The van der Waals surface area contributed by atoms with Gasteiger partial charge in [0.1, 0.15) is 17.3 Å². The average Bonchev–Trinajstić information content (AvgIpc) is 2.67. The molecule has 2 heterocycles. The minimum absolute atomic E-state index is 0.177. The Morgan fingerprint density at radius 2 is 1.88 bits per heavy atom. The van der Waals surface area contributed by atoms with Gasteiger partial charge in [-0.2, -0.15) is 5.26 Å². The largest absolute Gasteiger partial charge is 0.342 e. The van der Waals surface area contributed by atoms with E-state index in [0.29, 0.717) is 49.1 Å². The summed E-state index contributed by atoms with van der Waals surface area (Å²) in [4.78, 5) is 35.4. The predicted molar refractivity (Wildman–Crippen MR) is 94.7 cm³/mol. The molecule has 1 aromatic carbocycles. The van der Waals surface area contributed by atoms with Crippen LogP contribution < -0.4 is 5.32 Å². The first kappa shape index (κ1) is 17.4. The lowest BCUT2D eigenvalue weighted by Crippen LogP contribution is -2.48. The number of carbonyl (C=O) groups is 2. The van der Waals surface area contributed by atoms with E-state index in [2.05, 4.69) is 21.4 Å². The molecule has 132 valence electrons. The van der Waals surface area contributed by atoms with Crippen molar-refractivity contribution < 1.29 is 9.59 Å². The summed E-state index contributed by atoms with van der Waals surface area (Å²) in [6.45, 7) is 3.74. The van der Waals surface area contributed by atoms with Gasteiger partial charge in [0.05, 0.1) is 11.6 Å². The van der Waals surface area contributed by atoms with Gasteiger partial charge in [-0.15, -0.1) is 0 Å². The number of amides is 2. The van der Waals surface area contributed by atoms with Crippen LogP contribution >= 0.6 is 0 Å². The maximum Gasteiger partial charge on any atom is 0.272 e. The van der Waals surface area contributed by atoms with Crippen molar-refractivity contribution in [1.29, 1.82) is 5.26 Å². The van der Waals surface area contributed by atoms with E-state index in [1.165, 1.54) is 0 Å². The third-order valence-electron chi connectivity index (χ3n) is 4.09. The monoisotopic (exact) mass is 350 g/mol. The third-order valence-corrected chi connectivity index (χ3v) is 4.09. The molecule has 0 radical (unpaired) electrons. The van der Waals surface area contributed by atoms with Crippen molar-refractivity contribution in [1.82, 2.24) is 19.8 Å². The van der Waals surface area contributed by atoms with E-state index in [1.54, 1.807) is 47.1 Å². The third kappa shape index (κ3) is 3.95. The molecule has 8 nitrogen and oxygen atoms in total. The Labute approximate surface area is 151 Å². The van der Waals surface area contributed by atoms with Crippen LogP contribution in [0.2, 0.25) is 0 Å². The molecule has 0 atom stereocenters. The van der Waals surface area contributed by atoms with Crippen LogP contribution in [0, 0.1) is 18.3 Å². The summed E-state index contributed by atoms with van der Waals surface area (Å²) < 4.78 is 0. The zero-order chi connectivity index (χ0) is 18.5. The molecular weight excluding hydrogens is 332 g/mol. The second-order valence-electron chi connectivity index (χ2n) is 5.93. The van der Waals surface area contributed by atoms with Crippen LogP contribution in [0.3, 0.4) is 0 Å². The number of nitriles is 1. The molecule has 0 aliphatic carbocycles. The second kappa shape index (κ2) is 7.61. The molecule has 0 bridgehead atoms. The van der Waals surface area contributed by atoms with Crippen molar-refractivity contribution in [2.45, 2.75) is 6.92 Å². The molecule has 0 spiro atoms. The van der Waals surface area contributed by atoms with Crippen LogP contribution in [0.1, 0.15) is 21.9 Å².